The number of carbonyl (C=O) groups excluding carboxylic acids is 1. The topological polar surface area (TPSA) is 49.3 Å². The molecule has 7 heteroatoms. The van der Waals surface area contributed by atoms with Gasteiger partial charge in [-0.2, -0.15) is 13.2 Å². The lowest BCUT2D eigenvalue weighted by molar-refractivity contribution is -0.138. The molecule has 0 aliphatic heterocycles. The minimum Gasteiger partial charge on any atom is -0.507 e. The molecule has 0 bridgehead atoms. The third kappa shape index (κ3) is 4.44. The van der Waals surface area contributed by atoms with Crippen molar-refractivity contribution in [2.75, 3.05) is 0 Å². The second kappa shape index (κ2) is 5.48. The highest BCUT2D eigenvalue weighted by molar-refractivity contribution is 6.31. The van der Waals surface area contributed by atoms with E-state index < -0.39 is 24.5 Å². The number of carbonyl (C=O) groups is 1. The Balaban J connectivity index is 2.74. The van der Waals surface area contributed by atoms with E-state index in [1.807, 2.05) is 0 Å². The number of halogens is 4. The van der Waals surface area contributed by atoms with Crippen LogP contribution in [0.15, 0.2) is 18.2 Å². The Bertz CT molecular complexity index is 448. The zero-order valence-corrected chi connectivity index (χ0v) is 10.1. The number of benzene rings is 1. The maximum atomic E-state index is 12.1. The molecule has 1 unspecified atom stereocenters. The predicted octanol–water partition coefficient (Wildman–Crippen LogP) is 3.12. The fraction of sp³-hybridized carbons (Fsp3) is 0.364. The Labute approximate surface area is 107 Å². The Morgan fingerprint density at radius 3 is 2.67 bits per heavy atom. The van der Waals surface area contributed by atoms with Crippen molar-refractivity contribution in [1.29, 1.82) is 0 Å². The van der Waals surface area contributed by atoms with Gasteiger partial charge in [0, 0.05) is 11.1 Å². The molecule has 0 saturated carbocycles. The van der Waals surface area contributed by atoms with Crippen molar-refractivity contribution in [1.82, 2.24) is 5.32 Å². The molecule has 1 rings (SSSR count). The van der Waals surface area contributed by atoms with E-state index in [2.05, 4.69) is 5.32 Å². The quantitative estimate of drug-likeness (QED) is 0.894. The second-order valence-corrected chi connectivity index (χ2v) is 4.29. The third-order valence-corrected chi connectivity index (χ3v) is 2.35. The number of aromatic hydroxyl groups is 1. The molecule has 0 aliphatic rings. The Morgan fingerprint density at radius 2 is 2.11 bits per heavy atom. The van der Waals surface area contributed by atoms with Crippen molar-refractivity contribution in [3.05, 3.63) is 28.8 Å². The van der Waals surface area contributed by atoms with Gasteiger partial charge in [-0.05, 0) is 25.1 Å². The molecule has 1 atom stereocenters. The number of rotatable bonds is 3. The molecule has 1 amide bonds. The van der Waals surface area contributed by atoms with Gasteiger partial charge in [0.2, 0.25) is 0 Å². The van der Waals surface area contributed by atoms with E-state index in [9.17, 15) is 23.1 Å². The van der Waals surface area contributed by atoms with Gasteiger partial charge in [-0.1, -0.05) is 11.6 Å². The van der Waals surface area contributed by atoms with E-state index in [0.717, 1.165) is 0 Å². The maximum absolute atomic E-state index is 12.1. The summed E-state index contributed by atoms with van der Waals surface area (Å²) >= 11 is 5.63. The van der Waals surface area contributed by atoms with Gasteiger partial charge in [-0.25, -0.2) is 0 Å². The summed E-state index contributed by atoms with van der Waals surface area (Å²) in [6, 6.07) is 2.67. The summed E-state index contributed by atoms with van der Waals surface area (Å²) in [7, 11) is 0. The Hall–Kier alpha value is -1.43. The number of hydrogen-bond acceptors (Lipinski definition) is 2. The molecule has 3 nitrogen and oxygen atoms in total. The van der Waals surface area contributed by atoms with Crippen molar-refractivity contribution in [2.45, 2.75) is 25.6 Å². The van der Waals surface area contributed by atoms with Gasteiger partial charge in [-0.15, -0.1) is 0 Å². The summed E-state index contributed by atoms with van der Waals surface area (Å²) in [5.74, 6) is -1.14. The van der Waals surface area contributed by atoms with E-state index in [0.29, 0.717) is 0 Å². The van der Waals surface area contributed by atoms with E-state index >= 15 is 0 Å². The minimum absolute atomic E-state index is 0.156. The molecule has 0 heterocycles. The van der Waals surface area contributed by atoms with Gasteiger partial charge in [-0.3, -0.25) is 4.79 Å². The predicted molar refractivity (Wildman–Crippen MR) is 60.7 cm³/mol. The average molecular weight is 282 g/mol. The van der Waals surface area contributed by atoms with Crippen LogP contribution in [0.2, 0.25) is 5.02 Å². The van der Waals surface area contributed by atoms with Crippen LogP contribution in [0.25, 0.3) is 0 Å². The van der Waals surface area contributed by atoms with E-state index in [4.69, 9.17) is 11.6 Å². The number of alkyl halides is 3. The van der Waals surface area contributed by atoms with Crippen molar-refractivity contribution >= 4 is 17.5 Å². The Kier molecular flexibility index (Phi) is 4.45. The van der Waals surface area contributed by atoms with Crippen LogP contribution in [-0.4, -0.2) is 23.2 Å². The maximum Gasteiger partial charge on any atom is 0.391 e. The van der Waals surface area contributed by atoms with Gasteiger partial charge >= 0.3 is 6.18 Å². The Morgan fingerprint density at radius 1 is 1.50 bits per heavy atom. The molecule has 0 aromatic heterocycles. The van der Waals surface area contributed by atoms with Crippen molar-refractivity contribution < 1.29 is 23.1 Å². The summed E-state index contributed by atoms with van der Waals surface area (Å²) in [6.45, 7) is 1.23. The first-order valence-corrected chi connectivity index (χ1v) is 5.43. The van der Waals surface area contributed by atoms with Crippen molar-refractivity contribution in [3.63, 3.8) is 0 Å². The molecule has 0 spiro atoms. The standard InChI is InChI=1S/C11H11ClF3NO2/c1-6(5-11(13,14)15)16-10(18)8-4-7(12)2-3-9(8)17/h2-4,6,17H,5H2,1H3,(H,16,18). The first kappa shape index (κ1) is 14.6. The highest BCUT2D eigenvalue weighted by atomic mass is 35.5. The van der Waals surface area contributed by atoms with E-state index in [1.165, 1.54) is 25.1 Å². The summed E-state index contributed by atoms with van der Waals surface area (Å²) in [5.41, 5.74) is -0.156. The fourth-order valence-electron chi connectivity index (χ4n) is 1.39. The van der Waals surface area contributed by atoms with Gasteiger partial charge in [0.05, 0.1) is 12.0 Å². The average Bonchev–Trinajstić information content (AvgIpc) is 2.18. The summed E-state index contributed by atoms with van der Waals surface area (Å²) < 4.78 is 36.2. The number of nitrogens with one attached hydrogen (secondary N) is 1. The molecule has 0 aliphatic carbocycles. The lowest BCUT2D eigenvalue weighted by Gasteiger charge is -2.16. The van der Waals surface area contributed by atoms with Crippen LogP contribution in [0.4, 0.5) is 13.2 Å². The van der Waals surface area contributed by atoms with Gasteiger partial charge in [0.15, 0.2) is 0 Å². The summed E-state index contributed by atoms with van der Waals surface area (Å²) in [4.78, 5) is 11.6. The fourth-order valence-corrected chi connectivity index (χ4v) is 1.56. The van der Waals surface area contributed by atoms with Crippen LogP contribution in [-0.2, 0) is 0 Å². The van der Waals surface area contributed by atoms with Crippen LogP contribution in [0.1, 0.15) is 23.7 Å². The molecule has 100 valence electrons. The number of amides is 1. The van der Waals surface area contributed by atoms with E-state index in [-0.39, 0.29) is 16.3 Å². The van der Waals surface area contributed by atoms with Gasteiger partial charge in [0.1, 0.15) is 5.75 Å². The van der Waals surface area contributed by atoms with Crippen LogP contribution in [0, 0.1) is 0 Å². The molecular formula is C11H11ClF3NO2. The molecule has 18 heavy (non-hydrogen) atoms. The molecule has 1 aromatic rings. The minimum atomic E-state index is -4.36. The molecule has 0 fully saturated rings. The lowest BCUT2D eigenvalue weighted by Crippen LogP contribution is -2.35. The lowest BCUT2D eigenvalue weighted by atomic mass is 10.1. The van der Waals surface area contributed by atoms with Crippen molar-refractivity contribution in [3.8, 4) is 5.75 Å². The van der Waals surface area contributed by atoms with Crippen molar-refractivity contribution in [2.24, 2.45) is 0 Å². The van der Waals surface area contributed by atoms with Crippen LogP contribution in [0.5, 0.6) is 5.75 Å². The van der Waals surface area contributed by atoms with Crippen LogP contribution >= 0.6 is 11.6 Å². The number of phenols is 1. The zero-order chi connectivity index (χ0) is 13.9. The second-order valence-electron chi connectivity index (χ2n) is 3.86. The summed E-state index contributed by atoms with van der Waals surface area (Å²) in [6.07, 6.45) is -5.50. The first-order chi connectivity index (χ1) is 8.19. The van der Waals surface area contributed by atoms with Gasteiger partial charge in [0.25, 0.3) is 5.91 Å². The van der Waals surface area contributed by atoms with Crippen LogP contribution in [0.3, 0.4) is 0 Å². The summed E-state index contributed by atoms with van der Waals surface area (Å²) in [5, 5.41) is 11.8. The molecule has 1 aromatic carbocycles. The largest absolute Gasteiger partial charge is 0.507 e. The zero-order valence-electron chi connectivity index (χ0n) is 9.38. The normalized spacial score (nSPS) is 13.2. The smallest absolute Gasteiger partial charge is 0.391 e. The molecule has 0 radical (unpaired) electrons. The van der Waals surface area contributed by atoms with Gasteiger partial charge < -0.3 is 10.4 Å². The number of hydrogen-bond donors (Lipinski definition) is 2. The highest BCUT2D eigenvalue weighted by Crippen LogP contribution is 2.23. The molecular weight excluding hydrogens is 271 g/mol. The number of phenolic OH excluding ortho intramolecular Hbond substituents is 1. The first-order valence-electron chi connectivity index (χ1n) is 5.05. The monoisotopic (exact) mass is 281 g/mol. The highest BCUT2D eigenvalue weighted by Gasteiger charge is 2.30. The molecule has 0 saturated heterocycles. The molecule has 2 N–H and O–H groups in total. The van der Waals surface area contributed by atoms with E-state index in [1.54, 1.807) is 0 Å². The SMILES string of the molecule is CC(CC(F)(F)F)NC(=O)c1cc(Cl)ccc1O. The third-order valence-electron chi connectivity index (χ3n) is 2.12. The van der Waals surface area contributed by atoms with Crippen LogP contribution < -0.4 is 5.32 Å².